The van der Waals surface area contributed by atoms with Crippen LogP contribution >= 0.6 is 27.7 Å². The molecular formula is C16H9BrS. The molecule has 1 heterocycles. The van der Waals surface area contributed by atoms with Gasteiger partial charge in [-0.1, -0.05) is 58.0 Å². The summed E-state index contributed by atoms with van der Waals surface area (Å²) in [5, 5.41) is 2.71. The molecule has 0 atom stereocenters. The van der Waals surface area contributed by atoms with Crippen LogP contribution in [-0.4, -0.2) is 0 Å². The first kappa shape index (κ1) is 10.7. The quantitative estimate of drug-likeness (QED) is 0.399. The van der Waals surface area contributed by atoms with Gasteiger partial charge < -0.3 is 0 Å². The molecule has 0 fully saturated rings. The maximum atomic E-state index is 3.57. The van der Waals surface area contributed by atoms with Gasteiger partial charge >= 0.3 is 0 Å². The summed E-state index contributed by atoms with van der Waals surface area (Å²) in [5.74, 6) is 0. The van der Waals surface area contributed by atoms with Gasteiger partial charge in [0.2, 0.25) is 0 Å². The Morgan fingerprint density at radius 2 is 1.61 bits per heavy atom. The first-order valence-corrected chi connectivity index (χ1v) is 7.43. The van der Waals surface area contributed by atoms with Crippen molar-refractivity contribution in [2.75, 3.05) is 0 Å². The van der Waals surface area contributed by atoms with Crippen LogP contribution in [0.15, 0.2) is 68.9 Å². The maximum Gasteiger partial charge on any atom is 0.0207 e. The van der Waals surface area contributed by atoms with Crippen LogP contribution in [0.1, 0.15) is 0 Å². The van der Waals surface area contributed by atoms with Crippen molar-refractivity contribution in [2.24, 2.45) is 0 Å². The minimum atomic E-state index is 1.14. The molecule has 1 aliphatic rings. The predicted molar refractivity (Wildman–Crippen MR) is 81.2 cm³/mol. The number of halogens is 1. The van der Waals surface area contributed by atoms with Crippen molar-refractivity contribution in [2.45, 2.75) is 9.79 Å². The second-order valence-corrected chi connectivity index (χ2v) is 6.40. The third-order valence-corrected chi connectivity index (χ3v) is 4.95. The lowest BCUT2D eigenvalue weighted by Crippen LogP contribution is -1.92. The SMILES string of the molecule is Brc1ccc2c(c1)-c1cccc3cccc(c13)S2. The molecule has 0 amide bonds. The van der Waals surface area contributed by atoms with Crippen LogP contribution in [0.5, 0.6) is 0 Å². The average Bonchev–Trinajstić information content (AvgIpc) is 2.40. The molecule has 3 aromatic carbocycles. The highest BCUT2D eigenvalue weighted by Gasteiger charge is 2.18. The van der Waals surface area contributed by atoms with Gasteiger partial charge in [0.25, 0.3) is 0 Å². The van der Waals surface area contributed by atoms with Gasteiger partial charge in [-0.05, 0) is 40.8 Å². The number of hydrogen-bond donors (Lipinski definition) is 0. The van der Waals surface area contributed by atoms with E-state index in [-0.39, 0.29) is 0 Å². The van der Waals surface area contributed by atoms with Gasteiger partial charge in [-0.25, -0.2) is 0 Å². The monoisotopic (exact) mass is 312 g/mol. The fraction of sp³-hybridized carbons (Fsp3) is 0. The van der Waals surface area contributed by atoms with E-state index in [4.69, 9.17) is 0 Å². The predicted octanol–water partition coefficient (Wildman–Crippen LogP) is 5.73. The van der Waals surface area contributed by atoms with Crippen LogP contribution in [0.3, 0.4) is 0 Å². The summed E-state index contributed by atoms with van der Waals surface area (Å²) in [6, 6.07) is 19.6. The van der Waals surface area contributed by atoms with Crippen LogP contribution in [0.4, 0.5) is 0 Å². The molecule has 4 rings (SSSR count). The molecule has 0 nitrogen and oxygen atoms in total. The third-order valence-electron chi connectivity index (χ3n) is 3.32. The summed E-state index contributed by atoms with van der Waals surface area (Å²) in [5.41, 5.74) is 2.68. The Labute approximate surface area is 118 Å². The summed E-state index contributed by atoms with van der Waals surface area (Å²) in [6.07, 6.45) is 0. The summed E-state index contributed by atoms with van der Waals surface area (Å²) in [6.45, 7) is 0. The Bertz CT molecular complexity index is 772. The van der Waals surface area contributed by atoms with Crippen LogP contribution in [-0.2, 0) is 0 Å². The van der Waals surface area contributed by atoms with Crippen molar-refractivity contribution in [3.63, 3.8) is 0 Å². The molecule has 1 aliphatic heterocycles. The van der Waals surface area contributed by atoms with E-state index in [1.54, 1.807) is 0 Å². The first-order valence-electron chi connectivity index (χ1n) is 5.82. The molecular weight excluding hydrogens is 304 g/mol. The minimum absolute atomic E-state index is 1.14. The van der Waals surface area contributed by atoms with Crippen LogP contribution in [0.25, 0.3) is 21.9 Å². The van der Waals surface area contributed by atoms with Crippen molar-refractivity contribution in [3.05, 3.63) is 59.1 Å². The standard InChI is InChI=1S/C16H9BrS/c17-11-7-8-14-13(9-11)12-5-1-3-10-4-2-6-15(18-14)16(10)12/h1-9H. The largest absolute Gasteiger partial charge is 0.0888 e. The molecule has 2 heteroatoms. The Morgan fingerprint density at radius 1 is 0.778 bits per heavy atom. The number of hydrogen-bond acceptors (Lipinski definition) is 1. The molecule has 0 aromatic heterocycles. The third kappa shape index (κ3) is 1.46. The van der Waals surface area contributed by atoms with Gasteiger partial charge in [0, 0.05) is 19.6 Å². The molecule has 18 heavy (non-hydrogen) atoms. The van der Waals surface area contributed by atoms with Crippen molar-refractivity contribution >= 4 is 38.5 Å². The summed E-state index contributed by atoms with van der Waals surface area (Å²) in [4.78, 5) is 2.70. The highest BCUT2D eigenvalue weighted by molar-refractivity contribution is 9.10. The van der Waals surface area contributed by atoms with Gasteiger partial charge in [-0.15, -0.1) is 0 Å². The van der Waals surface area contributed by atoms with Crippen molar-refractivity contribution in [1.29, 1.82) is 0 Å². The second kappa shape index (κ2) is 3.87. The van der Waals surface area contributed by atoms with E-state index in [1.165, 1.54) is 31.7 Å². The van der Waals surface area contributed by atoms with Gasteiger partial charge in [0.1, 0.15) is 0 Å². The highest BCUT2D eigenvalue weighted by atomic mass is 79.9. The molecule has 0 saturated heterocycles. The van der Waals surface area contributed by atoms with E-state index in [0.717, 1.165) is 4.47 Å². The van der Waals surface area contributed by atoms with Crippen LogP contribution in [0, 0.1) is 0 Å². The molecule has 86 valence electrons. The Balaban J connectivity index is 2.18. The topological polar surface area (TPSA) is 0 Å². The number of fused-ring (bicyclic) bond motifs is 2. The Morgan fingerprint density at radius 3 is 2.50 bits per heavy atom. The zero-order chi connectivity index (χ0) is 12.1. The van der Waals surface area contributed by atoms with E-state index >= 15 is 0 Å². The molecule has 0 unspecified atom stereocenters. The lowest BCUT2D eigenvalue weighted by molar-refractivity contribution is 1.39. The van der Waals surface area contributed by atoms with Crippen LogP contribution < -0.4 is 0 Å². The summed E-state index contributed by atoms with van der Waals surface area (Å²) < 4.78 is 1.14. The lowest BCUT2D eigenvalue weighted by Gasteiger charge is -2.20. The molecule has 0 aliphatic carbocycles. The smallest absolute Gasteiger partial charge is 0.0207 e. The number of rotatable bonds is 0. The van der Waals surface area contributed by atoms with Crippen molar-refractivity contribution in [3.8, 4) is 11.1 Å². The molecule has 0 saturated carbocycles. The molecule has 0 spiro atoms. The van der Waals surface area contributed by atoms with E-state index in [0.29, 0.717) is 0 Å². The van der Waals surface area contributed by atoms with E-state index in [1.807, 2.05) is 11.8 Å². The lowest BCUT2D eigenvalue weighted by atomic mass is 9.98. The van der Waals surface area contributed by atoms with E-state index < -0.39 is 0 Å². The molecule has 0 radical (unpaired) electrons. The normalized spacial score (nSPS) is 12.5. The maximum absolute atomic E-state index is 3.57. The first-order chi connectivity index (χ1) is 8.83. The average molecular weight is 313 g/mol. The van der Waals surface area contributed by atoms with E-state index in [2.05, 4.69) is 70.5 Å². The summed E-state index contributed by atoms with van der Waals surface area (Å²) in [7, 11) is 0. The van der Waals surface area contributed by atoms with Gasteiger partial charge in [0.15, 0.2) is 0 Å². The Kier molecular flexibility index (Phi) is 2.29. The van der Waals surface area contributed by atoms with Crippen LogP contribution in [0.2, 0.25) is 0 Å². The zero-order valence-electron chi connectivity index (χ0n) is 9.48. The summed E-state index contributed by atoms with van der Waals surface area (Å²) >= 11 is 5.43. The van der Waals surface area contributed by atoms with Crippen molar-refractivity contribution < 1.29 is 0 Å². The fourth-order valence-corrected chi connectivity index (χ4v) is 4.03. The van der Waals surface area contributed by atoms with Crippen molar-refractivity contribution in [1.82, 2.24) is 0 Å². The highest BCUT2D eigenvalue weighted by Crippen LogP contribution is 2.48. The fourth-order valence-electron chi connectivity index (χ4n) is 2.54. The number of benzene rings is 3. The molecule has 0 bridgehead atoms. The van der Waals surface area contributed by atoms with E-state index in [9.17, 15) is 0 Å². The van der Waals surface area contributed by atoms with Gasteiger partial charge in [-0.3, -0.25) is 0 Å². The Hall–Kier alpha value is -1.25. The molecule has 0 N–H and O–H groups in total. The van der Waals surface area contributed by atoms with Gasteiger partial charge in [0.05, 0.1) is 0 Å². The zero-order valence-corrected chi connectivity index (χ0v) is 11.9. The minimum Gasteiger partial charge on any atom is -0.0888 e. The molecule has 3 aromatic rings. The second-order valence-electron chi connectivity index (χ2n) is 4.40. The van der Waals surface area contributed by atoms with Gasteiger partial charge in [-0.2, -0.15) is 0 Å².